The fourth-order valence-electron chi connectivity index (χ4n) is 3.93. The summed E-state index contributed by atoms with van der Waals surface area (Å²) in [6.07, 6.45) is 2.75. The van der Waals surface area contributed by atoms with Gasteiger partial charge in [-0.2, -0.15) is 4.98 Å². The molecule has 1 heterocycles. The van der Waals surface area contributed by atoms with E-state index in [1.165, 1.54) is 4.90 Å². The summed E-state index contributed by atoms with van der Waals surface area (Å²) in [6, 6.07) is 9.91. The first-order valence-corrected chi connectivity index (χ1v) is 11.0. The molecule has 7 nitrogen and oxygen atoms in total. The predicted molar refractivity (Wildman–Crippen MR) is 120 cm³/mol. The van der Waals surface area contributed by atoms with Crippen LogP contribution >= 0.6 is 0 Å². The molecule has 166 valence electrons. The van der Waals surface area contributed by atoms with Gasteiger partial charge in [-0.1, -0.05) is 30.3 Å². The number of rotatable bonds is 7. The Morgan fingerprint density at radius 1 is 1.16 bits per heavy atom. The highest BCUT2D eigenvalue weighted by atomic mass is 16.5. The van der Waals surface area contributed by atoms with Gasteiger partial charge in [0.15, 0.2) is 5.82 Å². The molecule has 0 saturated heterocycles. The topological polar surface area (TPSA) is 84.4 Å². The van der Waals surface area contributed by atoms with Crippen LogP contribution in [0.25, 0.3) is 11.4 Å². The zero-order chi connectivity index (χ0) is 22.4. The summed E-state index contributed by atoms with van der Waals surface area (Å²) in [7, 11) is 1.69. The smallest absolute Gasteiger partial charge is 0.239 e. The lowest BCUT2D eigenvalue weighted by Gasteiger charge is -2.23. The van der Waals surface area contributed by atoms with Gasteiger partial charge in [0, 0.05) is 30.1 Å². The van der Waals surface area contributed by atoms with Gasteiger partial charge in [-0.25, -0.2) is 4.98 Å². The van der Waals surface area contributed by atoms with Gasteiger partial charge in [-0.05, 0) is 46.5 Å². The van der Waals surface area contributed by atoms with Crippen LogP contribution in [0.2, 0.25) is 0 Å². The predicted octanol–water partition coefficient (Wildman–Crippen LogP) is 3.02. The average Bonchev–Trinajstić information content (AvgIpc) is 2.96. The van der Waals surface area contributed by atoms with Crippen molar-refractivity contribution in [1.82, 2.24) is 20.2 Å². The van der Waals surface area contributed by atoms with Gasteiger partial charge in [0.2, 0.25) is 17.7 Å². The van der Waals surface area contributed by atoms with Gasteiger partial charge >= 0.3 is 0 Å². The van der Waals surface area contributed by atoms with Crippen molar-refractivity contribution in [3.05, 3.63) is 41.6 Å². The first-order chi connectivity index (χ1) is 14.9. The standard InChI is InChI=1S/C24H32N4O3/c1-5-31-23-19-13-11-18(24(30)28(4)15-21(29)25-16(2)3)12-14-20(19)26-22(27-23)17-9-7-6-8-10-17/h6-10,16,18H,5,11-15H2,1-4H3,(H,25,29). The maximum absolute atomic E-state index is 13.0. The van der Waals surface area contributed by atoms with E-state index in [1.54, 1.807) is 7.05 Å². The van der Waals surface area contributed by atoms with E-state index in [0.29, 0.717) is 44.0 Å². The number of ether oxygens (including phenoxy) is 1. The normalized spacial score (nSPS) is 15.7. The largest absolute Gasteiger partial charge is 0.478 e. The summed E-state index contributed by atoms with van der Waals surface area (Å²) >= 11 is 0. The minimum atomic E-state index is -0.152. The fraction of sp³-hybridized carbons (Fsp3) is 0.500. The second kappa shape index (κ2) is 10.4. The second-order valence-electron chi connectivity index (χ2n) is 8.27. The number of aromatic nitrogens is 2. The number of likely N-dealkylation sites (N-methyl/N-ethyl adjacent to an activating group) is 1. The third-order valence-electron chi connectivity index (χ3n) is 5.40. The van der Waals surface area contributed by atoms with Crippen molar-refractivity contribution in [2.45, 2.75) is 52.5 Å². The van der Waals surface area contributed by atoms with Crippen LogP contribution in [0.5, 0.6) is 5.88 Å². The molecule has 0 saturated carbocycles. The van der Waals surface area contributed by atoms with Crippen molar-refractivity contribution < 1.29 is 14.3 Å². The molecule has 2 amide bonds. The number of amides is 2. The van der Waals surface area contributed by atoms with Crippen molar-refractivity contribution in [1.29, 1.82) is 0 Å². The van der Waals surface area contributed by atoms with Crippen molar-refractivity contribution in [3.63, 3.8) is 0 Å². The van der Waals surface area contributed by atoms with Crippen molar-refractivity contribution >= 4 is 11.8 Å². The Bertz CT molecular complexity index is 915. The average molecular weight is 425 g/mol. The number of fused-ring (bicyclic) bond motifs is 1. The Morgan fingerprint density at radius 3 is 2.55 bits per heavy atom. The maximum atomic E-state index is 13.0. The van der Waals surface area contributed by atoms with Crippen LogP contribution in [0.15, 0.2) is 30.3 Å². The van der Waals surface area contributed by atoms with Gasteiger partial charge in [0.05, 0.1) is 18.8 Å². The van der Waals surface area contributed by atoms with Gasteiger partial charge < -0.3 is 15.0 Å². The van der Waals surface area contributed by atoms with E-state index >= 15 is 0 Å². The molecule has 0 spiro atoms. The third kappa shape index (κ3) is 5.81. The molecule has 1 aliphatic carbocycles. The van der Waals surface area contributed by atoms with E-state index < -0.39 is 0 Å². The first-order valence-electron chi connectivity index (χ1n) is 11.0. The lowest BCUT2D eigenvalue weighted by atomic mass is 9.98. The van der Waals surface area contributed by atoms with E-state index in [4.69, 9.17) is 9.72 Å². The summed E-state index contributed by atoms with van der Waals surface area (Å²) in [5.74, 6) is 0.973. The van der Waals surface area contributed by atoms with Crippen LogP contribution in [0.3, 0.4) is 0 Å². The molecule has 1 aromatic carbocycles. The summed E-state index contributed by atoms with van der Waals surface area (Å²) in [6.45, 7) is 6.35. The number of hydrogen-bond acceptors (Lipinski definition) is 5. The summed E-state index contributed by atoms with van der Waals surface area (Å²) in [4.78, 5) is 36.1. The minimum absolute atomic E-state index is 0.000846. The lowest BCUT2D eigenvalue weighted by Crippen LogP contribution is -2.42. The van der Waals surface area contributed by atoms with Gasteiger partial charge in [-0.15, -0.1) is 0 Å². The third-order valence-corrected chi connectivity index (χ3v) is 5.40. The van der Waals surface area contributed by atoms with Crippen molar-refractivity contribution in [2.24, 2.45) is 5.92 Å². The maximum Gasteiger partial charge on any atom is 0.239 e. The molecule has 1 unspecified atom stereocenters. The molecule has 1 aliphatic rings. The van der Waals surface area contributed by atoms with E-state index in [-0.39, 0.29) is 30.3 Å². The van der Waals surface area contributed by atoms with Crippen LogP contribution in [0, 0.1) is 5.92 Å². The van der Waals surface area contributed by atoms with Crippen LogP contribution in [0.4, 0.5) is 0 Å². The molecule has 31 heavy (non-hydrogen) atoms. The highest BCUT2D eigenvalue weighted by molar-refractivity contribution is 5.85. The Labute approximate surface area is 184 Å². The highest BCUT2D eigenvalue weighted by Gasteiger charge is 2.28. The fourth-order valence-corrected chi connectivity index (χ4v) is 3.93. The Hall–Kier alpha value is -2.96. The van der Waals surface area contributed by atoms with Gasteiger partial charge in [0.25, 0.3) is 0 Å². The minimum Gasteiger partial charge on any atom is -0.478 e. The van der Waals surface area contributed by atoms with Crippen LogP contribution in [-0.2, 0) is 22.4 Å². The molecular weight excluding hydrogens is 392 g/mol. The Morgan fingerprint density at radius 2 is 1.87 bits per heavy atom. The molecule has 0 radical (unpaired) electrons. The van der Waals surface area contributed by atoms with E-state index in [0.717, 1.165) is 16.8 Å². The molecule has 2 aromatic rings. The number of nitrogens with one attached hydrogen (secondary N) is 1. The number of benzene rings is 1. The molecule has 7 heteroatoms. The number of nitrogens with zero attached hydrogens (tertiary/aromatic N) is 3. The van der Waals surface area contributed by atoms with Crippen LogP contribution in [-0.4, -0.2) is 52.9 Å². The first kappa shape index (κ1) is 22.7. The molecule has 0 aliphatic heterocycles. The molecule has 1 atom stereocenters. The number of carbonyl (C=O) groups excluding carboxylic acids is 2. The molecule has 1 N–H and O–H groups in total. The van der Waals surface area contributed by atoms with E-state index in [1.807, 2.05) is 51.1 Å². The summed E-state index contributed by atoms with van der Waals surface area (Å²) in [5.41, 5.74) is 2.89. The van der Waals surface area contributed by atoms with Crippen molar-refractivity contribution in [2.75, 3.05) is 20.2 Å². The van der Waals surface area contributed by atoms with E-state index in [9.17, 15) is 9.59 Å². The summed E-state index contributed by atoms with van der Waals surface area (Å²) in [5, 5.41) is 2.83. The molecule has 0 bridgehead atoms. The molecule has 1 aromatic heterocycles. The number of carbonyl (C=O) groups is 2. The summed E-state index contributed by atoms with van der Waals surface area (Å²) < 4.78 is 5.86. The van der Waals surface area contributed by atoms with Crippen LogP contribution < -0.4 is 10.1 Å². The van der Waals surface area contributed by atoms with E-state index in [2.05, 4.69) is 10.3 Å². The Balaban J connectivity index is 1.77. The molecule has 0 fully saturated rings. The zero-order valence-corrected chi connectivity index (χ0v) is 18.9. The van der Waals surface area contributed by atoms with Gasteiger partial charge in [0.1, 0.15) is 0 Å². The van der Waals surface area contributed by atoms with Gasteiger partial charge in [-0.3, -0.25) is 9.59 Å². The monoisotopic (exact) mass is 424 g/mol. The molecular formula is C24H32N4O3. The van der Waals surface area contributed by atoms with Crippen molar-refractivity contribution in [3.8, 4) is 17.3 Å². The highest BCUT2D eigenvalue weighted by Crippen LogP contribution is 2.32. The second-order valence-corrected chi connectivity index (χ2v) is 8.27. The van der Waals surface area contributed by atoms with Crippen LogP contribution in [0.1, 0.15) is 44.9 Å². The SMILES string of the molecule is CCOc1nc(-c2ccccc2)nc2c1CCC(C(=O)N(C)CC(=O)NC(C)C)CC2. The number of aryl methyl sites for hydroxylation is 1. The number of hydrogen-bond donors (Lipinski definition) is 1. The quantitative estimate of drug-likeness (QED) is 0.691. The Kier molecular flexibility index (Phi) is 7.60. The zero-order valence-electron chi connectivity index (χ0n) is 18.9. The lowest BCUT2D eigenvalue weighted by molar-refractivity contribution is -0.138. The molecule has 3 rings (SSSR count).